The van der Waals surface area contributed by atoms with E-state index in [1.165, 1.54) is 0 Å². The number of nitrogens with zero attached hydrogens (tertiary/aromatic N) is 1. The SMILES string of the molecule is COc1ccc(N(CCCl)CCCl)cc1C[C@H](CC(=O)OC(C)(C)C)NC(=O)OC(C)(C)C. The van der Waals surface area contributed by atoms with Crippen LogP contribution in [0.4, 0.5) is 10.5 Å². The molecule has 1 aromatic rings. The lowest BCUT2D eigenvalue weighted by Gasteiger charge is -2.27. The van der Waals surface area contributed by atoms with Gasteiger partial charge in [0.25, 0.3) is 0 Å². The summed E-state index contributed by atoms with van der Waals surface area (Å²) >= 11 is 11.9. The summed E-state index contributed by atoms with van der Waals surface area (Å²) in [5, 5.41) is 2.82. The Balaban J connectivity index is 3.20. The summed E-state index contributed by atoms with van der Waals surface area (Å²) in [5.41, 5.74) is 0.463. The Hall–Kier alpha value is -1.86. The first-order chi connectivity index (χ1) is 15.3. The first-order valence-electron chi connectivity index (χ1n) is 11.0. The number of carbonyl (C=O) groups excluding carboxylic acids is 2. The molecule has 0 heterocycles. The van der Waals surface area contributed by atoms with Crippen LogP contribution >= 0.6 is 23.2 Å². The van der Waals surface area contributed by atoms with E-state index < -0.39 is 29.3 Å². The van der Waals surface area contributed by atoms with E-state index >= 15 is 0 Å². The number of carbonyl (C=O) groups is 2. The van der Waals surface area contributed by atoms with Gasteiger partial charge in [-0.05, 0) is 71.7 Å². The number of benzene rings is 1. The molecule has 33 heavy (non-hydrogen) atoms. The molecule has 0 radical (unpaired) electrons. The predicted octanol–water partition coefficient (Wildman–Crippen LogP) is 5.15. The second-order valence-corrected chi connectivity index (χ2v) is 10.5. The number of amides is 1. The summed E-state index contributed by atoms with van der Waals surface area (Å²) < 4.78 is 16.4. The van der Waals surface area contributed by atoms with E-state index in [1.807, 2.05) is 18.2 Å². The normalized spacial score (nSPS) is 12.6. The van der Waals surface area contributed by atoms with Crippen LogP contribution in [0.15, 0.2) is 18.2 Å². The van der Waals surface area contributed by atoms with E-state index in [0.717, 1.165) is 11.3 Å². The van der Waals surface area contributed by atoms with E-state index in [1.54, 1.807) is 48.7 Å². The number of hydrogen-bond donors (Lipinski definition) is 1. The maximum absolute atomic E-state index is 12.5. The Morgan fingerprint density at radius 2 is 1.58 bits per heavy atom. The minimum absolute atomic E-state index is 0.0169. The van der Waals surface area contributed by atoms with Gasteiger partial charge in [0, 0.05) is 36.6 Å². The third-order valence-electron chi connectivity index (χ3n) is 4.36. The molecule has 188 valence electrons. The van der Waals surface area contributed by atoms with Crippen molar-refractivity contribution in [1.82, 2.24) is 5.32 Å². The summed E-state index contributed by atoms with van der Waals surface area (Å²) in [5.74, 6) is 1.15. The lowest BCUT2D eigenvalue weighted by Crippen LogP contribution is -2.42. The third-order valence-corrected chi connectivity index (χ3v) is 4.70. The molecule has 0 aliphatic carbocycles. The van der Waals surface area contributed by atoms with Crippen molar-refractivity contribution in [3.63, 3.8) is 0 Å². The molecule has 0 saturated heterocycles. The number of esters is 1. The number of alkyl halides is 2. The molecule has 0 bridgehead atoms. The van der Waals surface area contributed by atoms with E-state index in [-0.39, 0.29) is 6.42 Å². The van der Waals surface area contributed by atoms with Gasteiger partial charge in [0.2, 0.25) is 0 Å². The summed E-state index contributed by atoms with van der Waals surface area (Å²) in [6.45, 7) is 12.0. The molecular weight excluding hydrogens is 467 g/mol. The Morgan fingerprint density at radius 1 is 1.00 bits per heavy atom. The van der Waals surface area contributed by atoms with Crippen LogP contribution in [0.2, 0.25) is 0 Å². The number of ether oxygens (including phenoxy) is 3. The van der Waals surface area contributed by atoms with E-state index in [0.29, 0.717) is 37.0 Å². The number of nitrogens with one attached hydrogen (secondary N) is 1. The molecule has 1 amide bonds. The second-order valence-electron chi connectivity index (χ2n) is 9.70. The third kappa shape index (κ3) is 11.7. The van der Waals surface area contributed by atoms with Gasteiger partial charge in [-0.2, -0.15) is 0 Å². The summed E-state index contributed by atoms with van der Waals surface area (Å²) in [7, 11) is 1.58. The van der Waals surface area contributed by atoms with Crippen LogP contribution < -0.4 is 15.0 Å². The molecule has 7 nitrogen and oxygen atoms in total. The van der Waals surface area contributed by atoms with Crippen LogP contribution in [0.3, 0.4) is 0 Å². The van der Waals surface area contributed by atoms with E-state index in [2.05, 4.69) is 10.2 Å². The highest BCUT2D eigenvalue weighted by atomic mass is 35.5. The maximum Gasteiger partial charge on any atom is 0.407 e. The molecule has 0 aromatic heterocycles. The highest BCUT2D eigenvalue weighted by Crippen LogP contribution is 2.27. The zero-order valence-corrected chi connectivity index (χ0v) is 22.3. The monoisotopic (exact) mass is 504 g/mol. The largest absolute Gasteiger partial charge is 0.496 e. The van der Waals surface area contributed by atoms with Crippen molar-refractivity contribution in [3.05, 3.63) is 23.8 Å². The fraction of sp³-hybridized carbons (Fsp3) is 0.667. The van der Waals surface area contributed by atoms with Gasteiger partial charge in [0.05, 0.1) is 13.5 Å². The molecular formula is C24H38Cl2N2O5. The first kappa shape index (κ1) is 29.2. The van der Waals surface area contributed by atoms with Gasteiger partial charge in [0.1, 0.15) is 17.0 Å². The van der Waals surface area contributed by atoms with Crippen LogP contribution in [-0.4, -0.2) is 61.3 Å². The molecule has 0 spiro atoms. The van der Waals surface area contributed by atoms with E-state index in [4.69, 9.17) is 37.4 Å². The minimum Gasteiger partial charge on any atom is -0.496 e. The highest BCUT2D eigenvalue weighted by molar-refractivity contribution is 6.18. The van der Waals surface area contributed by atoms with Crippen molar-refractivity contribution in [1.29, 1.82) is 0 Å². The number of methoxy groups -OCH3 is 1. The van der Waals surface area contributed by atoms with Gasteiger partial charge < -0.3 is 24.4 Å². The van der Waals surface area contributed by atoms with Gasteiger partial charge in [-0.1, -0.05) is 0 Å². The smallest absolute Gasteiger partial charge is 0.407 e. The molecule has 0 unspecified atom stereocenters. The van der Waals surface area contributed by atoms with Crippen LogP contribution in [0.1, 0.15) is 53.5 Å². The number of anilines is 1. The number of halogens is 2. The first-order valence-corrected chi connectivity index (χ1v) is 12.1. The molecule has 0 saturated carbocycles. The Bertz CT molecular complexity index is 739. The van der Waals surface area contributed by atoms with Gasteiger partial charge in [-0.25, -0.2) is 4.79 Å². The van der Waals surface area contributed by atoms with Crippen molar-refractivity contribution < 1.29 is 23.8 Å². The summed E-state index contributed by atoms with van der Waals surface area (Å²) in [6.07, 6.45) is -0.278. The zero-order chi connectivity index (χ0) is 25.2. The minimum atomic E-state index is -0.665. The van der Waals surface area contributed by atoms with Gasteiger partial charge in [-0.3, -0.25) is 4.79 Å². The Morgan fingerprint density at radius 3 is 2.06 bits per heavy atom. The van der Waals surface area contributed by atoms with Crippen molar-refractivity contribution in [3.8, 4) is 5.75 Å². The fourth-order valence-corrected chi connectivity index (χ4v) is 3.60. The molecule has 1 N–H and O–H groups in total. The summed E-state index contributed by atoms with van der Waals surface area (Å²) in [4.78, 5) is 27.1. The van der Waals surface area contributed by atoms with Crippen LogP contribution in [0.25, 0.3) is 0 Å². The Labute approximate surface area is 208 Å². The lowest BCUT2D eigenvalue weighted by molar-refractivity contribution is -0.155. The molecule has 9 heteroatoms. The predicted molar refractivity (Wildman–Crippen MR) is 134 cm³/mol. The number of rotatable bonds is 11. The van der Waals surface area contributed by atoms with Gasteiger partial charge in [-0.15, -0.1) is 23.2 Å². The Kier molecular flexibility index (Phi) is 11.6. The molecule has 0 fully saturated rings. The molecule has 1 atom stereocenters. The molecule has 0 aliphatic heterocycles. The molecule has 1 aromatic carbocycles. The fourth-order valence-electron chi connectivity index (χ4n) is 3.19. The summed E-state index contributed by atoms with van der Waals surface area (Å²) in [6, 6.07) is 5.20. The highest BCUT2D eigenvalue weighted by Gasteiger charge is 2.25. The van der Waals surface area contributed by atoms with E-state index in [9.17, 15) is 9.59 Å². The van der Waals surface area contributed by atoms with Crippen molar-refractivity contribution in [2.24, 2.45) is 0 Å². The van der Waals surface area contributed by atoms with Gasteiger partial charge >= 0.3 is 12.1 Å². The average molecular weight is 505 g/mol. The van der Waals surface area contributed by atoms with Crippen LogP contribution in [0, 0.1) is 0 Å². The standard InChI is InChI=1S/C24H38Cl2N2O5/c1-23(2,3)32-21(29)16-18(27-22(30)33-24(4,5)6)14-17-15-19(8-9-20(17)31-7)28(12-10-25)13-11-26/h8-9,15,18H,10-14,16H2,1-7H3,(H,27,30)/t18-/m1/s1. The molecule has 0 aliphatic rings. The lowest BCUT2D eigenvalue weighted by atomic mass is 10.0. The quantitative estimate of drug-likeness (QED) is 0.331. The molecule has 1 rings (SSSR count). The number of hydrogen-bond acceptors (Lipinski definition) is 6. The average Bonchev–Trinajstić information content (AvgIpc) is 2.64. The maximum atomic E-state index is 12.5. The van der Waals surface area contributed by atoms with Gasteiger partial charge in [0.15, 0.2) is 0 Å². The van der Waals surface area contributed by atoms with Crippen LogP contribution in [-0.2, 0) is 20.7 Å². The zero-order valence-electron chi connectivity index (χ0n) is 20.8. The second kappa shape index (κ2) is 13.1. The van der Waals surface area contributed by atoms with Crippen LogP contribution in [0.5, 0.6) is 5.75 Å². The van der Waals surface area contributed by atoms with Crippen molar-refractivity contribution in [2.45, 2.75) is 71.6 Å². The van der Waals surface area contributed by atoms with Crippen molar-refractivity contribution >= 4 is 41.0 Å². The topological polar surface area (TPSA) is 77.1 Å². The number of alkyl carbamates (subject to hydrolysis) is 1. The van der Waals surface area contributed by atoms with Crippen molar-refractivity contribution in [2.75, 3.05) is 36.9 Å².